The lowest BCUT2D eigenvalue weighted by Gasteiger charge is -2.33. The fourth-order valence-electron chi connectivity index (χ4n) is 2.87. The van der Waals surface area contributed by atoms with E-state index in [1.165, 1.54) is 0 Å². The molecule has 2 aromatic rings. The van der Waals surface area contributed by atoms with Crippen molar-refractivity contribution in [2.24, 2.45) is 0 Å². The summed E-state index contributed by atoms with van der Waals surface area (Å²) >= 11 is 0. The summed E-state index contributed by atoms with van der Waals surface area (Å²) in [5.41, 5.74) is 1.94. The van der Waals surface area contributed by atoms with E-state index >= 15 is 0 Å². The van der Waals surface area contributed by atoms with Crippen molar-refractivity contribution in [2.75, 3.05) is 36.5 Å². The van der Waals surface area contributed by atoms with E-state index in [1.807, 2.05) is 35.0 Å². The molecule has 1 fully saturated rings. The van der Waals surface area contributed by atoms with Crippen molar-refractivity contribution in [3.8, 4) is 0 Å². The van der Waals surface area contributed by atoms with Crippen molar-refractivity contribution in [1.82, 2.24) is 14.9 Å². The van der Waals surface area contributed by atoms with Gasteiger partial charge >= 0.3 is 6.03 Å². The number of aryl methyl sites for hydroxylation is 1. The number of benzene rings is 1. The summed E-state index contributed by atoms with van der Waals surface area (Å²) in [4.78, 5) is 18.2. The smallest absolute Gasteiger partial charge is 0.319 e. The van der Waals surface area contributed by atoms with E-state index in [2.05, 4.69) is 27.4 Å². The average Bonchev–Trinajstić information content (AvgIpc) is 3.13. The Morgan fingerprint density at radius 1 is 1.36 bits per heavy atom. The first-order chi connectivity index (χ1) is 12.2. The molecule has 1 atom stereocenters. The Morgan fingerprint density at radius 3 is 2.92 bits per heavy atom. The van der Waals surface area contributed by atoms with E-state index < -0.39 is 0 Å². The van der Waals surface area contributed by atoms with Crippen molar-refractivity contribution in [3.05, 3.63) is 43.0 Å². The Balaban J connectivity index is 1.40. The summed E-state index contributed by atoms with van der Waals surface area (Å²) in [6.45, 7) is 6.08. The molecule has 0 spiro atoms. The molecule has 0 radical (unpaired) electrons. The number of anilines is 2. The first-order valence-electron chi connectivity index (χ1n) is 8.68. The Morgan fingerprint density at radius 2 is 2.20 bits per heavy atom. The van der Waals surface area contributed by atoms with Gasteiger partial charge in [-0.05, 0) is 37.6 Å². The number of carbonyl (C=O) groups excluding carboxylic acids is 1. The van der Waals surface area contributed by atoms with Crippen molar-refractivity contribution in [1.29, 1.82) is 0 Å². The minimum absolute atomic E-state index is 0.182. The largest absolute Gasteiger partial charge is 0.375 e. The predicted octanol–water partition coefficient (Wildman–Crippen LogP) is 2.32. The van der Waals surface area contributed by atoms with E-state index in [4.69, 9.17) is 4.74 Å². The van der Waals surface area contributed by atoms with Gasteiger partial charge in [-0.25, -0.2) is 9.78 Å². The maximum absolute atomic E-state index is 11.9. The van der Waals surface area contributed by atoms with Crippen LogP contribution in [0.25, 0.3) is 0 Å². The van der Waals surface area contributed by atoms with Crippen LogP contribution in [0.15, 0.2) is 43.0 Å². The zero-order chi connectivity index (χ0) is 17.5. The van der Waals surface area contributed by atoms with Crippen LogP contribution in [-0.2, 0) is 11.3 Å². The quantitative estimate of drug-likeness (QED) is 0.790. The minimum Gasteiger partial charge on any atom is -0.375 e. The van der Waals surface area contributed by atoms with Gasteiger partial charge in [0.25, 0.3) is 0 Å². The summed E-state index contributed by atoms with van der Waals surface area (Å²) in [5.74, 6) is 0. The Kier molecular flexibility index (Phi) is 5.90. The highest BCUT2D eigenvalue weighted by molar-refractivity contribution is 5.89. The van der Waals surface area contributed by atoms with Crippen LogP contribution in [0.1, 0.15) is 13.3 Å². The highest BCUT2D eigenvalue weighted by Gasteiger charge is 2.16. The van der Waals surface area contributed by atoms with E-state index in [1.54, 1.807) is 12.5 Å². The number of hydrogen-bond donors (Lipinski definition) is 2. The number of imidazole rings is 1. The first kappa shape index (κ1) is 17.3. The molecule has 2 amide bonds. The van der Waals surface area contributed by atoms with Gasteiger partial charge in [-0.1, -0.05) is 0 Å². The molecule has 25 heavy (non-hydrogen) atoms. The van der Waals surface area contributed by atoms with E-state index in [0.29, 0.717) is 6.54 Å². The number of carbonyl (C=O) groups is 1. The molecular weight excluding hydrogens is 318 g/mol. The van der Waals surface area contributed by atoms with Crippen molar-refractivity contribution in [3.63, 3.8) is 0 Å². The minimum atomic E-state index is -0.182. The molecule has 0 unspecified atom stereocenters. The van der Waals surface area contributed by atoms with Crippen LogP contribution in [0.2, 0.25) is 0 Å². The number of hydrogen-bond acceptors (Lipinski definition) is 4. The Hall–Kier alpha value is -2.54. The van der Waals surface area contributed by atoms with Crippen molar-refractivity contribution < 1.29 is 9.53 Å². The van der Waals surface area contributed by atoms with E-state index in [0.717, 1.165) is 44.0 Å². The second-order valence-electron chi connectivity index (χ2n) is 6.21. The number of amides is 2. The van der Waals surface area contributed by atoms with Gasteiger partial charge in [-0.15, -0.1) is 0 Å². The van der Waals surface area contributed by atoms with Crippen LogP contribution in [0, 0.1) is 0 Å². The summed E-state index contributed by atoms with van der Waals surface area (Å²) in [6.07, 6.45) is 6.55. The van der Waals surface area contributed by atoms with Gasteiger partial charge in [-0.2, -0.15) is 0 Å². The lowest BCUT2D eigenvalue weighted by molar-refractivity contribution is 0.0532. The van der Waals surface area contributed by atoms with Crippen molar-refractivity contribution >= 4 is 17.4 Å². The third kappa shape index (κ3) is 5.22. The third-order valence-electron chi connectivity index (χ3n) is 4.17. The zero-order valence-electron chi connectivity index (χ0n) is 14.5. The van der Waals surface area contributed by atoms with Crippen molar-refractivity contribution in [2.45, 2.75) is 26.0 Å². The molecule has 1 aromatic heterocycles. The molecule has 2 N–H and O–H groups in total. The third-order valence-corrected chi connectivity index (χ3v) is 4.17. The second kappa shape index (κ2) is 8.53. The van der Waals surface area contributed by atoms with Crippen LogP contribution >= 0.6 is 0 Å². The summed E-state index contributed by atoms with van der Waals surface area (Å²) in [6, 6.07) is 7.75. The van der Waals surface area contributed by atoms with Gasteiger partial charge in [0.05, 0.1) is 19.0 Å². The molecule has 0 aliphatic carbocycles. The van der Waals surface area contributed by atoms with Gasteiger partial charge in [0.1, 0.15) is 0 Å². The maximum atomic E-state index is 11.9. The maximum Gasteiger partial charge on any atom is 0.319 e. The van der Waals surface area contributed by atoms with Gasteiger partial charge in [0, 0.05) is 49.9 Å². The number of aromatic nitrogens is 2. The molecule has 7 heteroatoms. The Bertz CT molecular complexity index is 657. The number of morpholine rings is 1. The number of nitrogens with zero attached hydrogens (tertiary/aromatic N) is 3. The van der Waals surface area contributed by atoms with Crippen LogP contribution in [-0.4, -0.2) is 47.9 Å². The highest BCUT2D eigenvalue weighted by atomic mass is 16.5. The molecule has 7 nitrogen and oxygen atoms in total. The molecule has 1 saturated heterocycles. The second-order valence-corrected chi connectivity index (χ2v) is 6.21. The Labute approximate surface area is 148 Å². The molecule has 134 valence electrons. The van der Waals surface area contributed by atoms with Crippen LogP contribution in [0.5, 0.6) is 0 Å². The van der Waals surface area contributed by atoms with Crippen LogP contribution in [0.3, 0.4) is 0 Å². The van der Waals surface area contributed by atoms with Crippen LogP contribution < -0.4 is 15.5 Å². The summed E-state index contributed by atoms with van der Waals surface area (Å²) in [7, 11) is 0. The van der Waals surface area contributed by atoms with Crippen LogP contribution in [0.4, 0.5) is 16.2 Å². The number of ether oxygens (including phenoxy) is 1. The molecule has 3 rings (SSSR count). The molecule has 1 aliphatic rings. The SMILES string of the molecule is C[C@H]1CN(c2ccc(NC(=O)NCCCn3ccnc3)cc2)CCO1. The number of nitrogens with one attached hydrogen (secondary N) is 2. The number of urea groups is 1. The average molecular weight is 343 g/mol. The lowest BCUT2D eigenvalue weighted by Crippen LogP contribution is -2.41. The highest BCUT2D eigenvalue weighted by Crippen LogP contribution is 2.20. The molecule has 1 aromatic carbocycles. The summed E-state index contributed by atoms with van der Waals surface area (Å²) in [5, 5.41) is 5.73. The van der Waals surface area contributed by atoms with E-state index in [9.17, 15) is 4.79 Å². The summed E-state index contributed by atoms with van der Waals surface area (Å²) < 4.78 is 7.56. The number of rotatable bonds is 6. The predicted molar refractivity (Wildman–Crippen MR) is 97.9 cm³/mol. The van der Waals surface area contributed by atoms with Gasteiger partial charge in [-0.3, -0.25) is 0 Å². The molecule has 2 heterocycles. The fourth-order valence-corrected chi connectivity index (χ4v) is 2.87. The first-order valence-corrected chi connectivity index (χ1v) is 8.68. The molecule has 0 saturated carbocycles. The van der Waals surface area contributed by atoms with E-state index in [-0.39, 0.29) is 12.1 Å². The van der Waals surface area contributed by atoms with Gasteiger partial charge < -0.3 is 24.8 Å². The molecule has 1 aliphatic heterocycles. The van der Waals surface area contributed by atoms with Gasteiger partial charge in [0.15, 0.2) is 0 Å². The normalized spacial score (nSPS) is 17.3. The monoisotopic (exact) mass is 343 g/mol. The standard InChI is InChI=1S/C18H25N5O2/c1-15-13-23(11-12-25-15)17-5-3-16(4-6-17)21-18(24)20-7-2-9-22-10-8-19-14-22/h3-6,8,10,14-15H,2,7,9,11-13H2,1H3,(H2,20,21,24)/t15-/m0/s1. The topological polar surface area (TPSA) is 71.4 Å². The zero-order valence-corrected chi connectivity index (χ0v) is 14.5. The molecular formula is C18H25N5O2. The lowest BCUT2D eigenvalue weighted by atomic mass is 10.2. The van der Waals surface area contributed by atoms with Gasteiger partial charge in [0.2, 0.25) is 0 Å². The fraction of sp³-hybridized carbons (Fsp3) is 0.444. The molecule has 0 bridgehead atoms.